The van der Waals surface area contributed by atoms with Crippen molar-refractivity contribution in [3.8, 4) is 5.75 Å². The van der Waals surface area contributed by atoms with E-state index in [1.54, 1.807) is 13.0 Å². The quantitative estimate of drug-likeness (QED) is 0.698. The maximum atomic E-state index is 11.9. The summed E-state index contributed by atoms with van der Waals surface area (Å²) in [7, 11) is 0. The third kappa shape index (κ3) is 7.18. The summed E-state index contributed by atoms with van der Waals surface area (Å²) in [5.41, 5.74) is 1.17. The summed E-state index contributed by atoms with van der Waals surface area (Å²) in [6.07, 6.45) is 0. The van der Waals surface area contributed by atoms with Gasteiger partial charge in [0.05, 0.1) is 17.5 Å². The summed E-state index contributed by atoms with van der Waals surface area (Å²) in [5, 5.41) is 9.13. The Balaban J connectivity index is 1.60. The molecule has 1 atom stereocenters. The maximum absolute atomic E-state index is 11.9. The van der Waals surface area contributed by atoms with Gasteiger partial charge in [-0.1, -0.05) is 22.9 Å². The first-order valence-corrected chi connectivity index (χ1v) is 9.37. The van der Waals surface area contributed by atoms with Crippen molar-refractivity contribution in [2.45, 2.75) is 26.8 Å². The van der Waals surface area contributed by atoms with Crippen LogP contribution in [0.5, 0.6) is 5.75 Å². The fourth-order valence-electron chi connectivity index (χ4n) is 2.05. The molecule has 2 N–H and O–H groups in total. The molecule has 1 aromatic carbocycles. The van der Waals surface area contributed by atoms with Crippen LogP contribution in [0.1, 0.15) is 18.2 Å². The lowest BCUT2D eigenvalue weighted by molar-refractivity contribution is -0.119. The monoisotopic (exact) mass is 377 g/mol. The number of amides is 2. The highest BCUT2D eigenvalue weighted by molar-refractivity contribution is 8.00. The molecule has 140 valence electrons. The molecule has 0 radical (unpaired) electrons. The largest absolute Gasteiger partial charge is 0.491 e. The van der Waals surface area contributed by atoms with Gasteiger partial charge in [-0.2, -0.15) is 0 Å². The van der Waals surface area contributed by atoms with Gasteiger partial charge in [0.25, 0.3) is 0 Å². The van der Waals surface area contributed by atoms with Crippen LogP contribution in [0, 0.1) is 13.8 Å². The van der Waals surface area contributed by atoms with E-state index in [2.05, 4.69) is 15.8 Å². The van der Waals surface area contributed by atoms with E-state index in [9.17, 15) is 9.59 Å². The van der Waals surface area contributed by atoms with Crippen LogP contribution in [-0.4, -0.2) is 41.1 Å². The van der Waals surface area contributed by atoms with Crippen molar-refractivity contribution in [2.75, 3.05) is 23.4 Å². The number of hydrogen-bond donors (Lipinski definition) is 2. The Morgan fingerprint density at radius 3 is 2.54 bits per heavy atom. The maximum Gasteiger partial charge on any atom is 0.235 e. The zero-order valence-corrected chi connectivity index (χ0v) is 15.9. The minimum Gasteiger partial charge on any atom is -0.491 e. The molecule has 0 aliphatic rings. The van der Waals surface area contributed by atoms with Gasteiger partial charge in [-0.3, -0.25) is 9.59 Å². The van der Waals surface area contributed by atoms with Gasteiger partial charge >= 0.3 is 0 Å². The molecule has 26 heavy (non-hydrogen) atoms. The summed E-state index contributed by atoms with van der Waals surface area (Å²) in [4.78, 5) is 23.6. The van der Waals surface area contributed by atoms with Gasteiger partial charge < -0.3 is 19.9 Å². The van der Waals surface area contributed by atoms with Crippen molar-refractivity contribution in [2.24, 2.45) is 0 Å². The second-order valence-electron chi connectivity index (χ2n) is 5.96. The predicted molar refractivity (Wildman–Crippen MR) is 101 cm³/mol. The van der Waals surface area contributed by atoms with Crippen molar-refractivity contribution in [3.05, 3.63) is 41.7 Å². The van der Waals surface area contributed by atoms with Gasteiger partial charge in [0.1, 0.15) is 18.1 Å². The van der Waals surface area contributed by atoms with E-state index >= 15 is 0 Å². The molecule has 7 nitrogen and oxygen atoms in total. The Morgan fingerprint density at radius 1 is 1.19 bits per heavy atom. The number of benzene rings is 1. The van der Waals surface area contributed by atoms with Gasteiger partial charge in [0.2, 0.25) is 11.8 Å². The number of aromatic nitrogens is 1. The average Bonchev–Trinajstić information content (AvgIpc) is 2.99. The number of thioether (sulfide) groups is 1. The van der Waals surface area contributed by atoms with Gasteiger partial charge in [0, 0.05) is 6.07 Å². The molecule has 0 spiro atoms. The zero-order chi connectivity index (χ0) is 18.9. The lowest BCUT2D eigenvalue weighted by atomic mass is 10.2. The molecule has 2 amide bonds. The van der Waals surface area contributed by atoms with Crippen molar-refractivity contribution in [1.29, 1.82) is 0 Å². The van der Waals surface area contributed by atoms with Crippen LogP contribution >= 0.6 is 11.8 Å². The summed E-state index contributed by atoms with van der Waals surface area (Å²) < 4.78 is 10.5. The van der Waals surface area contributed by atoms with Crippen LogP contribution in [0.2, 0.25) is 0 Å². The minimum atomic E-state index is -0.230. The van der Waals surface area contributed by atoms with E-state index < -0.39 is 0 Å². The molecule has 2 rings (SSSR count). The normalized spacial score (nSPS) is 11.7. The molecular weight excluding hydrogens is 354 g/mol. The van der Waals surface area contributed by atoms with Crippen LogP contribution in [0.25, 0.3) is 0 Å². The Hall–Kier alpha value is -2.48. The number of carbonyl (C=O) groups is 2. The number of aryl methyl sites for hydroxylation is 2. The van der Waals surface area contributed by atoms with Crippen LogP contribution < -0.4 is 15.4 Å². The first kappa shape index (κ1) is 19.8. The van der Waals surface area contributed by atoms with Crippen LogP contribution in [0.3, 0.4) is 0 Å². The predicted octanol–water partition coefficient (Wildman–Crippen LogP) is 2.55. The number of rotatable bonds is 9. The highest BCUT2D eigenvalue weighted by Crippen LogP contribution is 2.12. The lowest BCUT2D eigenvalue weighted by Gasteiger charge is -2.15. The molecule has 0 aliphatic heterocycles. The van der Waals surface area contributed by atoms with Crippen LogP contribution in [-0.2, 0) is 9.59 Å². The number of carbonyl (C=O) groups excluding carboxylic acids is 2. The number of nitrogens with zero attached hydrogens (tertiary/aromatic N) is 1. The minimum absolute atomic E-state index is 0.128. The molecule has 0 saturated heterocycles. The fourth-order valence-corrected chi connectivity index (χ4v) is 2.68. The van der Waals surface area contributed by atoms with Crippen LogP contribution in [0.4, 0.5) is 5.82 Å². The third-order valence-corrected chi connectivity index (χ3v) is 4.22. The molecule has 0 bridgehead atoms. The molecule has 0 fully saturated rings. The van der Waals surface area contributed by atoms with E-state index in [0.29, 0.717) is 18.2 Å². The molecule has 0 unspecified atom stereocenters. The smallest absolute Gasteiger partial charge is 0.235 e. The zero-order valence-electron chi connectivity index (χ0n) is 15.1. The second kappa shape index (κ2) is 9.86. The van der Waals surface area contributed by atoms with Crippen molar-refractivity contribution < 1.29 is 18.8 Å². The summed E-state index contributed by atoms with van der Waals surface area (Å²) in [6.45, 7) is 6.00. The molecular formula is C18H23N3O4S. The Bertz CT molecular complexity index is 730. The van der Waals surface area contributed by atoms with Gasteiger partial charge in [-0.05, 0) is 32.9 Å². The summed E-state index contributed by atoms with van der Waals surface area (Å²) in [6, 6.07) is 9.24. The van der Waals surface area contributed by atoms with E-state index in [4.69, 9.17) is 9.26 Å². The standard InChI is InChI=1S/C18H23N3O4S/c1-12-4-6-15(7-5-12)24-9-13(2)19-17(22)10-26-11-18(23)20-16-8-14(3)25-21-16/h4-8,13H,9-11H2,1-3H3,(H,19,22)(H,20,21,23)/t13-/m0/s1. The Morgan fingerprint density at radius 2 is 1.88 bits per heavy atom. The lowest BCUT2D eigenvalue weighted by Crippen LogP contribution is -2.38. The van der Waals surface area contributed by atoms with Crippen molar-refractivity contribution in [3.63, 3.8) is 0 Å². The first-order chi connectivity index (χ1) is 12.4. The van der Waals surface area contributed by atoms with Gasteiger partial charge in [-0.25, -0.2) is 0 Å². The molecule has 0 saturated carbocycles. The number of hydrogen-bond acceptors (Lipinski definition) is 6. The van der Waals surface area contributed by atoms with E-state index in [1.807, 2.05) is 38.1 Å². The molecule has 8 heteroatoms. The van der Waals surface area contributed by atoms with E-state index in [-0.39, 0.29) is 29.4 Å². The topological polar surface area (TPSA) is 93.5 Å². The van der Waals surface area contributed by atoms with E-state index in [0.717, 1.165) is 5.75 Å². The SMILES string of the molecule is Cc1ccc(OC[C@H](C)NC(=O)CSCC(=O)Nc2cc(C)on2)cc1. The number of nitrogens with one attached hydrogen (secondary N) is 2. The number of anilines is 1. The summed E-state index contributed by atoms with van der Waals surface area (Å²) >= 11 is 1.23. The highest BCUT2D eigenvalue weighted by atomic mass is 32.2. The summed E-state index contributed by atoms with van der Waals surface area (Å²) in [5.74, 6) is 1.75. The first-order valence-electron chi connectivity index (χ1n) is 8.22. The molecule has 2 aromatic rings. The molecule has 0 aliphatic carbocycles. The Labute approximate surface area is 156 Å². The molecule has 1 heterocycles. The van der Waals surface area contributed by atoms with Gasteiger partial charge in [-0.15, -0.1) is 11.8 Å². The van der Waals surface area contributed by atoms with E-state index in [1.165, 1.54) is 17.3 Å². The highest BCUT2D eigenvalue weighted by Gasteiger charge is 2.11. The second-order valence-corrected chi connectivity index (χ2v) is 6.94. The number of ether oxygens (including phenoxy) is 1. The fraction of sp³-hybridized carbons (Fsp3) is 0.389. The average molecular weight is 377 g/mol. The van der Waals surface area contributed by atoms with Crippen molar-refractivity contribution in [1.82, 2.24) is 10.5 Å². The van der Waals surface area contributed by atoms with Crippen molar-refractivity contribution >= 4 is 29.4 Å². The molecule has 1 aromatic heterocycles. The van der Waals surface area contributed by atoms with Gasteiger partial charge in [0.15, 0.2) is 5.82 Å². The Kier molecular flexibility index (Phi) is 7.53. The third-order valence-electron chi connectivity index (χ3n) is 3.29. The van der Waals surface area contributed by atoms with Crippen LogP contribution in [0.15, 0.2) is 34.9 Å².